The van der Waals surface area contributed by atoms with Gasteiger partial charge in [-0.2, -0.15) is 0 Å². The summed E-state index contributed by atoms with van der Waals surface area (Å²) in [4.78, 5) is 2.65. The van der Waals surface area contributed by atoms with E-state index in [9.17, 15) is 0 Å². The molecule has 0 N–H and O–H groups in total. The van der Waals surface area contributed by atoms with Crippen molar-refractivity contribution in [2.45, 2.75) is 31.7 Å². The normalized spacial score (nSPS) is 24.6. The van der Waals surface area contributed by atoms with Gasteiger partial charge >= 0.3 is 0 Å². The van der Waals surface area contributed by atoms with Gasteiger partial charge in [0.2, 0.25) is 0 Å². The van der Waals surface area contributed by atoms with Crippen LogP contribution < -0.4 is 9.47 Å². The highest BCUT2D eigenvalue weighted by Crippen LogP contribution is 2.43. The second-order valence-electron chi connectivity index (χ2n) is 7.89. The molecular formula is C24H31NO4. The van der Waals surface area contributed by atoms with E-state index >= 15 is 0 Å². The summed E-state index contributed by atoms with van der Waals surface area (Å²) >= 11 is 0. The van der Waals surface area contributed by atoms with E-state index in [2.05, 4.69) is 29.2 Å². The lowest BCUT2D eigenvalue weighted by molar-refractivity contribution is 0.211. The highest BCUT2D eigenvalue weighted by atomic mass is 16.5. The van der Waals surface area contributed by atoms with Crippen LogP contribution in [0.15, 0.2) is 47.4 Å². The van der Waals surface area contributed by atoms with Gasteiger partial charge in [0.05, 0.1) is 28.4 Å². The van der Waals surface area contributed by atoms with E-state index in [1.54, 1.807) is 28.4 Å². The maximum Gasteiger partial charge on any atom is 0.161 e. The molecule has 29 heavy (non-hydrogen) atoms. The zero-order valence-corrected chi connectivity index (χ0v) is 17.9. The van der Waals surface area contributed by atoms with Crippen molar-refractivity contribution >= 4 is 5.57 Å². The molecule has 0 amide bonds. The zero-order valence-electron chi connectivity index (χ0n) is 17.9. The second kappa shape index (κ2) is 8.54. The van der Waals surface area contributed by atoms with Gasteiger partial charge in [-0.1, -0.05) is 6.07 Å². The first kappa shape index (κ1) is 19.9. The van der Waals surface area contributed by atoms with E-state index in [1.165, 1.54) is 36.1 Å². The fraction of sp³-hybridized carbons (Fsp3) is 0.500. The van der Waals surface area contributed by atoms with Gasteiger partial charge in [0.15, 0.2) is 23.0 Å². The molecule has 156 valence electrons. The molecule has 2 heterocycles. The number of ether oxygens (including phenoxy) is 4. The molecule has 0 saturated carbocycles. The van der Waals surface area contributed by atoms with E-state index in [0.717, 1.165) is 42.4 Å². The largest absolute Gasteiger partial charge is 0.493 e. The van der Waals surface area contributed by atoms with E-state index < -0.39 is 0 Å². The van der Waals surface area contributed by atoms with Gasteiger partial charge in [0.1, 0.15) is 0 Å². The number of rotatable bonds is 6. The first-order valence-corrected chi connectivity index (χ1v) is 10.4. The van der Waals surface area contributed by atoms with Crippen molar-refractivity contribution in [3.63, 3.8) is 0 Å². The average Bonchev–Trinajstić information content (AvgIpc) is 3.24. The van der Waals surface area contributed by atoms with Crippen molar-refractivity contribution in [1.29, 1.82) is 0 Å². The molecule has 0 spiro atoms. The molecule has 1 fully saturated rings. The number of allylic oxidation sites excluding steroid dienone is 2. The Balaban J connectivity index is 1.76. The van der Waals surface area contributed by atoms with Crippen LogP contribution in [-0.2, 0) is 9.47 Å². The molecule has 0 aromatic heterocycles. The summed E-state index contributed by atoms with van der Waals surface area (Å²) in [6.07, 6.45) is 8.96. The summed E-state index contributed by atoms with van der Waals surface area (Å²) in [7, 11) is 6.78. The van der Waals surface area contributed by atoms with Gasteiger partial charge in [-0.15, -0.1) is 0 Å². The summed E-state index contributed by atoms with van der Waals surface area (Å²) in [5, 5.41) is 0. The summed E-state index contributed by atoms with van der Waals surface area (Å²) in [6, 6.07) is 6.95. The fourth-order valence-electron chi connectivity index (χ4n) is 4.95. The van der Waals surface area contributed by atoms with Crippen LogP contribution in [0.25, 0.3) is 5.57 Å². The summed E-state index contributed by atoms with van der Waals surface area (Å²) in [5.41, 5.74) is 4.16. The molecule has 4 rings (SSSR count). The third-order valence-electron chi connectivity index (χ3n) is 6.47. The van der Waals surface area contributed by atoms with E-state index in [1.807, 2.05) is 6.07 Å². The Bertz CT molecular complexity index is 854. The quantitative estimate of drug-likeness (QED) is 0.711. The molecule has 0 radical (unpaired) electrons. The molecule has 0 bridgehead atoms. The van der Waals surface area contributed by atoms with E-state index in [0.29, 0.717) is 12.0 Å². The van der Waals surface area contributed by atoms with Crippen LogP contribution in [0.4, 0.5) is 0 Å². The summed E-state index contributed by atoms with van der Waals surface area (Å²) in [5.74, 6) is 3.51. The lowest BCUT2D eigenvalue weighted by Crippen LogP contribution is -2.37. The molecule has 1 aliphatic carbocycles. The van der Waals surface area contributed by atoms with Gasteiger partial charge in [-0.25, -0.2) is 0 Å². The Hall–Kier alpha value is -2.40. The first-order valence-electron chi connectivity index (χ1n) is 10.4. The van der Waals surface area contributed by atoms with Crippen LogP contribution in [0.3, 0.4) is 0 Å². The predicted octanol–water partition coefficient (Wildman–Crippen LogP) is 4.41. The number of hydrogen-bond donors (Lipinski definition) is 0. The predicted molar refractivity (Wildman–Crippen MR) is 114 cm³/mol. The minimum Gasteiger partial charge on any atom is -0.493 e. The van der Waals surface area contributed by atoms with Crippen LogP contribution >= 0.6 is 0 Å². The molecule has 2 aliphatic heterocycles. The van der Waals surface area contributed by atoms with Crippen LogP contribution in [-0.4, -0.2) is 52.5 Å². The number of fused-ring (bicyclic) bond motifs is 1. The molecule has 2 unspecified atom stereocenters. The SMILES string of the molecule is COC1=CCC(C2=C(c3ccc(OC)c(OC)c3)CC3CCCN3C2)C=C1OC. The smallest absolute Gasteiger partial charge is 0.161 e. The standard InChI is InChI=1S/C24H31NO4/c1-26-21-9-7-16(12-23(21)28-3)19-14-18-6-5-11-25(18)15-20(19)17-8-10-22(27-2)24(13-17)29-4/h7,9-10,12-13,17-18H,5-6,8,11,14-15H2,1-4H3. The molecule has 1 aromatic rings. The van der Waals surface area contributed by atoms with Gasteiger partial charge in [-0.3, -0.25) is 4.90 Å². The Labute approximate surface area is 173 Å². The van der Waals surface area contributed by atoms with Gasteiger partial charge in [-0.05, 0) is 73.2 Å². The molecular weight excluding hydrogens is 366 g/mol. The Morgan fingerprint density at radius 1 is 0.931 bits per heavy atom. The van der Waals surface area contributed by atoms with Crippen LogP contribution in [0, 0.1) is 5.92 Å². The lowest BCUT2D eigenvalue weighted by atomic mass is 9.80. The summed E-state index contributed by atoms with van der Waals surface area (Å²) in [6.45, 7) is 2.21. The number of hydrogen-bond acceptors (Lipinski definition) is 5. The Kier molecular flexibility index (Phi) is 5.86. The van der Waals surface area contributed by atoms with Crippen molar-refractivity contribution in [3.05, 3.63) is 53.0 Å². The molecule has 5 heteroatoms. The van der Waals surface area contributed by atoms with Crippen molar-refractivity contribution < 1.29 is 18.9 Å². The van der Waals surface area contributed by atoms with Crippen molar-refractivity contribution in [3.8, 4) is 11.5 Å². The highest BCUT2D eigenvalue weighted by molar-refractivity contribution is 5.73. The fourth-order valence-corrected chi connectivity index (χ4v) is 4.95. The Morgan fingerprint density at radius 2 is 1.72 bits per heavy atom. The maximum absolute atomic E-state index is 5.61. The lowest BCUT2D eigenvalue weighted by Gasteiger charge is -2.37. The van der Waals surface area contributed by atoms with Crippen LogP contribution in [0.5, 0.6) is 11.5 Å². The second-order valence-corrected chi connectivity index (χ2v) is 7.89. The number of methoxy groups -OCH3 is 4. The van der Waals surface area contributed by atoms with E-state index in [4.69, 9.17) is 18.9 Å². The van der Waals surface area contributed by atoms with Gasteiger partial charge in [0, 0.05) is 18.5 Å². The Morgan fingerprint density at radius 3 is 2.45 bits per heavy atom. The van der Waals surface area contributed by atoms with Crippen LogP contribution in [0.2, 0.25) is 0 Å². The zero-order chi connectivity index (χ0) is 20.4. The van der Waals surface area contributed by atoms with Crippen molar-refractivity contribution in [1.82, 2.24) is 4.90 Å². The molecule has 5 nitrogen and oxygen atoms in total. The third kappa shape index (κ3) is 3.76. The maximum atomic E-state index is 5.61. The minimum absolute atomic E-state index is 0.313. The first-order chi connectivity index (χ1) is 14.2. The van der Waals surface area contributed by atoms with Crippen molar-refractivity contribution in [2.24, 2.45) is 5.92 Å². The van der Waals surface area contributed by atoms with E-state index in [-0.39, 0.29) is 0 Å². The summed E-state index contributed by atoms with van der Waals surface area (Å²) < 4.78 is 22.1. The molecule has 1 saturated heterocycles. The topological polar surface area (TPSA) is 40.2 Å². The van der Waals surface area contributed by atoms with Gasteiger partial charge in [0.25, 0.3) is 0 Å². The number of benzene rings is 1. The monoisotopic (exact) mass is 397 g/mol. The molecule has 2 atom stereocenters. The van der Waals surface area contributed by atoms with Crippen LogP contribution in [0.1, 0.15) is 31.2 Å². The van der Waals surface area contributed by atoms with Crippen molar-refractivity contribution in [2.75, 3.05) is 41.5 Å². The number of nitrogens with zero attached hydrogens (tertiary/aromatic N) is 1. The molecule has 1 aromatic carbocycles. The highest BCUT2D eigenvalue weighted by Gasteiger charge is 2.35. The van der Waals surface area contributed by atoms with Gasteiger partial charge < -0.3 is 18.9 Å². The average molecular weight is 398 g/mol. The molecule has 3 aliphatic rings. The third-order valence-corrected chi connectivity index (χ3v) is 6.47. The minimum atomic E-state index is 0.313.